The molecule has 0 bridgehead atoms. The Labute approximate surface area is 157 Å². The first kappa shape index (κ1) is 17.4. The Morgan fingerprint density at radius 1 is 1.21 bits per heavy atom. The molecule has 0 saturated heterocycles. The number of pyridine rings is 1. The molecule has 94 valence electrons. The fourth-order valence-electron chi connectivity index (χ4n) is 1.51. The maximum Gasteiger partial charge on any atom is 1.00 e. The predicted molar refractivity (Wildman–Crippen MR) is 71.0 cm³/mol. The third-order valence-corrected chi connectivity index (χ3v) is 4.63. The Morgan fingerprint density at radius 3 is 2.47 bits per heavy atom. The van der Waals surface area contributed by atoms with E-state index in [0.29, 0.717) is 8.58 Å². The van der Waals surface area contributed by atoms with Crippen LogP contribution in [0, 0.1) is 6.92 Å². The van der Waals surface area contributed by atoms with Gasteiger partial charge in [0.05, 0.1) is 10.3 Å². The molecule has 2 aromatic rings. The Bertz CT molecular complexity index is 662. The van der Waals surface area contributed by atoms with E-state index in [4.69, 9.17) is 0 Å². The van der Waals surface area contributed by atoms with Crippen LogP contribution in [0.4, 0.5) is 0 Å². The van der Waals surface area contributed by atoms with Crippen molar-refractivity contribution in [3.8, 4) is 0 Å². The summed E-state index contributed by atoms with van der Waals surface area (Å²) in [6.07, 6.45) is 1.72. The largest absolute Gasteiger partial charge is 1.00 e. The van der Waals surface area contributed by atoms with E-state index < -0.39 is 10.1 Å². The van der Waals surface area contributed by atoms with Gasteiger partial charge in [-0.25, -0.2) is 8.42 Å². The van der Waals surface area contributed by atoms with Crippen LogP contribution in [0.25, 0.3) is 0 Å². The Morgan fingerprint density at radius 2 is 1.95 bits per heavy atom. The van der Waals surface area contributed by atoms with Crippen molar-refractivity contribution in [3.63, 3.8) is 0 Å². The summed E-state index contributed by atoms with van der Waals surface area (Å²) in [6.45, 7) is 1.79. The minimum absolute atomic E-state index is 0. The number of aryl methyl sites for hydroxylation is 1. The van der Waals surface area contributed by atoms with Crippen molar-refractivity contribution in [3.05, 3.63) is 48.2 Å². The minimum Gasteiger partial charge on any atom is -0.744 e. The van der Waals surface area contributed by atoms with Gasteiger partial charge in [-0.2, -0.15) is 0 Å². The van der Waals surface area contributed by atoms with E-state index >= 15 is 0 Å². The zero-order chi connectivity index (χ0) is 13.2. The summed E-state index contributed by atoms with van der Waals surface area (Å²) in [5.41, 5.74) is 1.72. The second-order valence-corrected chi connectivity index (χ2v) is 6.45. The van der Waals surface area contributed by atoms with Crippen molar-refractivity contribution < 1.29 is 64.4 Å². The van der Waals surface area contributed by atoms with Crippen molar-refractivity contribution in [2.24, 2.45) is 0 Å². The van der Waals surface area contributed by atoms with Crippen molar-refractivity contribution in [2.45, 2.75) is 11.8 Å². The maximum atomic E-state index is 10.9. The standard InChI is InChI=1S/C12H12NO3PS.K/c1-9-8-10(18(14,15)16)5-6-11(9)17-12-4-2-3-7-13-12;/h2-8,17H,1H3,(H,14,15,16);/q;+1/p-1. The molecule has 19 heavy (non-hydrogen) atoms. The topological polar surface area (TPSA) is 70.1 Å². The number of nitrogens with zero attached hydrogens (tertiary/aromatic N) is 1. The van der Waals surface area contributed by atoms with Crippen molar-refractivity contribution in [1.82, 2.24) is 4.98 Å². The fraction of sp³-hybridized carbons (Fsp3) is 0.0833. The van der Waals surface area contributed by atoms with Gasteiger partial charge in [-0.05, 0) is 50.6 Å². The van der Waals surface area contributed by atoms with E-state index in [0.717, 1.165) is 16.3 Å². The first-order valence-electron chi connectivity index (χ1n) is 5.21. The molecular weight excluding hydrogens is 308 g/mol. The molecule has 0 radical (unpaired) electrons. The van der Waals surface area contributed by atoms with Crippen LogP contribution >= 0.6 is 8.58 Å². The summed E-state index contributed by atoms with van der Waals surface area (Å²) >= 11 is 0. The Balaban J connectivity index is 0.00000180. The van der Waals surface area contributed by atoms with Gasteiger partial charge in [0.25, 0.3) is 0 Å². The quantitative estimate of drug-likeness (QED) is 0.370. The molecule has 0 aliphatic heterocycles. The second kappa shape index (κ2) is 7.38. The molecule has 1 atom stereocenters. The van der Waals surface area contributed by atoms with Crippen LogP contribution in [-0.2, 0) is 10.1 Å². The molecule has 2 rings (SSSR count). The molecular formula is C12H11KNO3PS. The molecule has 1 unspecified atom stereocenters. The molecule has 7 heteroatoms. The molecule has 1 aromatic carbocycles. The van der Waals surface area contributed by atoms with E-state index in [9.17, 15) is 13.0 Å². The van der Waals surface area contributed by atoms with Gasteiger partial charge in [-0.3, -0.25) is 4.98 Å². The van der Waals surface area contributed by atoms with Crippen LogP contribution in [0.1, 0.15) is 5.56 Å². The average molecular weight is 319 g/mol. The van der Waals surface area contributed by atoms with Crippen LogP contribution in [0.3, 0.4) is 0 Å². The molecule has 0 aliphatic carbocycles. The maximum absolute atomic E-state index is 10.9. The monoisotopic (exact) mass is 319 g/mol. The van der Waals surface area contributed by atoms with Crippen LogP contribution in [0.15, 0.2) is 47.5 Å². The van der Waals surface area contributed by atoms with Crippen LogP contribution in [-0.4, -0.2) is 18.0 Å². The van der Waals surface area contributed by atoms with Gasteiger partial charge in [-0.1, -0.05) is 12.1 Å². The number of rotatable bonds is 3. The van der Waals surface area contributed by atoms with Gasteiger partial charge in [0.2, 0.25) is 0 Å². The van der Waals surface area contributed by atoms with E-state index in [1.807, 2.05) is 18.2 Å². The summed E-state index contributed by atoms with van der Waals surface area (Å²) in [6, 6.07) is 10.1. The first-order valence-corrected chi connectivity index (χ1v) is 7.62. The van der Waals surface area contributed by atoms with Gasteiger partial charge in [0, 0.05) is 6.20 Å². The fourth-order valence-corrected chi connectivity index (χ4v) is 3.09. The predicted octanol–water partition coefficient (Wildman–Crippen LogP) is -2.07. The number of hydrogen-bond acceptors (Lipinski definition) is 4. The van der Waals surface area contributed by atoms with E-state index in [1.165, 1.54) is 12.1 Å². The van der Waals surface area contributed by atoms with E-state index in [2.05, 4.69) is 4.98 Å². The number of aromatic nitrogens is 1. The molecule has 0 N–H and O–H groups in total. The van der Waals surface area contributed by atoms with Gasteiger partial charge in [0.15, 0.2) is 0 Å². The van der Waals surface area contributed by atoms with Gasteiger partial charge in [-0.15, -0.1) is 0 Å². The molecule has 1 heterocycles. The summed E-state index contributed by atoms with van der Waals surface area (Å²) < 4.78 is 32.7. The molecule has 0 saturated carbocycles. The smallest absolute Gasteiger partial charge is 0.744 e. The SMILES string of the molecule is Cc1cc(S(=O)(=O)[O-])ccc1Pc1ccccn1.[K+]. The molecule has 0 amide bonds. The van der Waals surface area contributed by atoms with Crippen molar-refractivity contribution in [1.29, 1.82) is 0 Å². The average Bonchev–Trinajstić information content (AvgIpc) is 2.32. The van der Waals surface area contributed by atoms with Crippen LogP contribution in [0.5, 0.6) is 0 Å². The van der Waals surface area contributed by atoms with Gasteiger partial charge < -0.3 is 4.55 Å². The van der Waals surface area contributed by atoms with Crippen molar-refractivity contribution >= 4 is 29.4 Å². The molecule has 0 spiro atoms. The number of benzene rings is 1. The Hall–Kier alpha value is 0.346. The molecule has 1 aromatic heterocycles. The zero-order valence-electron chi connectivity index (χ0n) is 10.6. The summed E-state index contributed by atoms with van der Waals surface area (Å²) in [4.78, 5) is 4.03. The van der Waals surface area contributed by atoms with E-state index in [1.54, 1.807) is 19.2 Å². The Kier molecular flexibility index (Phi) is 6.76. The molecule has 4 nitrogen and oxygen atoms in total. The zero-order valence-corrected chi connectivity index (χ0v) is 15.6. The van der Waals surface area contributed by atoms with Gasteiger partial charge in [0.1, 0.15) is 10.1 Å². The van der Waals surface area contributed by atoms with E-state index in [-0.39, 0.29) is 56.3 Å². The van der Waals surface area contributed by atoms with Crippen LogP contribution in [0.2, 0.25) is 0 Å². The normalized spacial score (nSPS) is 11.5. The van der Waals surface area contributed by atoms with Crippen molar-refractivity contribution in [2.75, 3.05) is 0 Å². The molecule has 0 fully saturated rings. The van der Waals surface area contributed by atoms with Crippen LogP contribution < -0.4 is 62.1 Å². The third-order valence-electron chi connectivity index (χ3n) is 2.41. The first-order chi connectivity index (χ1) is 8.47. The third kappa shape index (κ3) is 4.99. The van der Waals surface area contributed by atoms with Gasteiger partial charge >= 0.3 is 51.4 Å². The second-order valence-electron chi connectivity index (χ2n) is 3.77. The summed E-state index contributed by atoms with van der Waals surface area (Å²) in [7, 11) is -4.03. The summed E-state index contributed by atoms with van der Waals surface area (Å²) in [5, 5.41) is 0.987. The number of hydrogen-bond donors (Lipinski definition) is 0. The minimum atomic E-state index is -4.38. The molecule has 0 aliphatic rings. The summed E-state index contributed by atoms with van der Waals surface area (Å²) in [5.74, 6) is 0.